The van der Waals surface area contributed by atoms with E-state index in [9.17, 15) is 4.79 Å². The number of nitrogens with one attached hydrogen (secondary N) is 2. The van der Waals surface area contributed by atoms with Gasteiger partial charge >= 0.3 is 0 Å². The topological polar surface area (TPSA) is 54.0 Å². The monoisotopic (exact) mass is 239 g/mol. The third-order valence-electron chi connectivity index (χ3n) is 2.59. The van der Waals surface area contributed by atoms with E-state index in [2.05, 4.69) is 15.6 Å². The maximum absolute atomic E-state index is 11.4. The van der Waals surface area contributed by atoms with Gasteiger partial charge < -0.3 is 10.6 Å². The molecule has 1 aromatic rings. The lowest BCUT2D eigenvalue weighted by atomic mass is 10.2. The van der Waals surface area contributed by atoms with Gasteiger partial charge in [-0.1, -0.05) is 0 Å². The predicted molar refractivity (Wildman–Crippen MR) is 64.4 cm³/mol. The van der Waals surface area contributed by atoms with E-state index in [4.69, 9.17) is 0 Å². The Morgan fingerprint density at radius 1 is 1.69 bits per heavy atom. The molecule has 1 aromatic heterocycles. The Balaban J connectivity index is 1.74. The number of carbonyl (C=O) groups excluding carboxylic acids is 1. The predicted octanol–water partition coefficient (Wildman–Crippen LogP) is 1.38. The number of amides is 1. The molecule has 1 saturated carbocycles. The Hall–Kier alpha value is -0.940. The molecule has 0 saturated heterocycles. The number of nitrogens with zero attached hydrogens (tertiary/aromatic N) is 1. The molecule has 1 unspecified atom stereocenters. The van der Waals surface area contributed by atoms with Crippen molar-refractivity contribution >= 4 is 17.2 Å². The van der Waals surface area contributed by atoms with Gasteiger partial charge in [0, 0.05) is 17.5 Å². The first-order chi connectivity index (χ1) is 7.65. The number of carbonyl (C=O) groups is 1. The molecule has 2 N–H and O–H groups in total. The minimum absolute atomic E-state index is 0.0845. The van der Waals surface area contributed by atoms with Crippen LogP contribution >= 0.6 is 11.3 Å². The average Bonchev–Trinajstić information content (AvgIpc) is 2.95. The first-order valence-electron chi connectivity index (χ1n) is 5.60. The zero-order chi connectivity index (χ0) is 11.5. The van der Waals surface area contributed by atoms with Crippen LogP contribution in [0.2, 0.25) is 0 Å². The lowest BCUT2D eigenvalue weighted by molar-refractivity contribution is -0.120. The minimum atomic E-state index is 0.0845. The lowest BCUT2D eigenvalue weighted by Gasteiger charge is -2.11. The summed E-state index contributed by atoms with van der Waals surface area (Å²) in [6.45, 7) is 4.38. The number of hydrogen-bond acceptors (Lipinski definition) is 4. The van der Waals surface area contributed by atoms with Gasteiger partial charge in [0.2, 0.25) is 5.91 Å². The first kappa shape index (κ1) is 11.5. The molecule has 1 fully saturated rings. The molecule has 0 aromatic carbocycles. The molecule has 0 radical (unpaired) electrons. The fraction of sp³-hybridized carbons (Fsp3) is 0.636. The first-order valence-corrected chi connectivity index (χ1v) is 6.48. The zero-order valence-electron chi connectivity index (χ0n) is 9.62. The van der Waals surface area contributed by atoms with Gasteiger partial charge in [-0.3, -0.25) is 4.79 Å². The van der Waals surface area contributed by atoms with E-state index in [1.807, 2.05) is 19.2 Å². The van der Waals surface area contributed by atoms with Crippen molar-refractivity contribution in [2.24, 2.45) is 0 Å². The molecule has 2 rings (SSSR count). The smallest absolute Gasteiger partial charge is 0.234 e. The number of thiazole rings is 1. The van der Waals surface area contributed by atoms with Crippen LogP contribution in [0.1, 0.15) is 36.5 Å². The molecule has 16 heavy (non-hydrogen) atoms. The molecule has 1 aliphatic carbocycles. The summed E-state index contributed by atoms with van der Waals surface area (Å²) in [6.07, 6.45) is 2.26. The van der Waals surface area contributed by atoms with Gasteiger partial charge in [0.1, 0.15) is 0 Å². The van der Waals surface area contributed by atoms with Crippen molar-refractivity contribution in [3.05, 3.63) is 16.1 Å². The summed E-state index contributed by atoms with van der Waals surface area (Å²) in [4.78, 5) is 15.8. The summed E-state index contributed by atoms with van der Waals surface area (Å²) in [5.41, 5.74) is 1.02. The Kier molecular flexibility index (Phi) is 3.56. The van der Waals surface area contributed by atoms with Gasteiger partial charge in [0.05, 0.1) is 17.2 Å². The van der Waals surface area contributed by atoms with E-state index in [0.29, 0.717) is 12.6 Å². The Bertz CT molecular complexity index is 373. The zero-order valence-corrected chi connectivity index (χ0v) is 10.4. The summed E-state index contributed by atoms with van der Waals surface area (Å²) in [5, 5.41) is 9.22. The highest BCUT2D eigenvalue weighted by Crippen LogP contribution is 2.18. The summed E-state index contributed by atoms with van der Waals surface area (Å²) in [7, 11) is 0. The second-order valence-electron chi connectivity index (χ2n) is 4.24. The summed E-state index contributed by atoms with van der Waals surface area (Å²) in [5.74, 6) is 0.0845. The third-order valence-corrected chi connectivity index (χ3v) is 3.38. The molecule has 1 amide bonds. The van der Waals surface area contributed by atoms with Gasteiger partial charge in [-0.05, 0) is 26.7 Å². The Labute approximate surface area is 99.5 Å². The fourth-order valence-corrected chi connectivity index (χ4v) is 2.14. The van der Waals surface area contributed by atoms with Crippen LogP contribution in [-0.4, -0.2) is 23.5 Å². The normalized spacial score (nSPS) is 17.1. The van der Waals surface area contributed by atoms with Crippen molar-refractivity contribution in [1.29, 1.82) is 0 Å². The van der Waals surface area contributed by atoms with Gasteiger partial charge in [-0.15, -0.1) is 11.3 Å². The van der Waals surface area contributed by atoms with Gasteiger partial charge in [0.25, 0.3) is 0 Å². The Morgan fingerprint density at radius 2 is 2.44 bits per heavy atom. The summed E-state index contributed by atoms with van der Waals surface area (Å²) >= 11 is 1.64. The molecule has 0 bridgehead atoms. The van der Waals surface area contributed by atoms with E-state index < -0.39 is 0 Å². The van der Waals surface area contributed by atoms with E-state index in [0.717, 1.165) is 23.5 Å². The van der Waals surface area contributed by atoms with Crippen LogP contribution in [0.3, 0.4) is 0 Å². The van der Waals surface area contributed by atoms with Crippen LogP contribution in [-0.2, 0) is 4.79 Å². The maximum Gasteiger partial charge on any atom is 0.234 e. The van der Waals surface area contributed by atoms with Crippen LogP contribution in [0.5, 0.6) is 0 Å². The number of aromatic nitrogens is 1. The number of hydrogen-bond donors (Lipinski definition) is 2. The average molecular weight is 239 g/mol. The van der Waals surface area contributed by atoms with Crippen LogP contribution < -0.4 is 10.6 Å². The van der Waals surface area contributed by atoms with E-state index in [1.165, 1.54) is 0 Å². The largest absolute Gasteiger partial charge is 0.352 e. The van der Waals surface area contributed by atoms with E-state index in [-0.39, 0.29) is 11.9 Å². The summed E-state index contributed by atoms with van der Waals surface area (Å²) in [6, 6.07) is 0.570. The molecule has 1 atom stereocenters. The number of rotatable bonds is 5. The summed E-state index contributed by atoms with van der Waals surface area (Å²) < 4.78 is 0. The van der Waals surface area contributed by atoms with Crippen LogP contribution in [0.4, 0.5) is 0 Å². The second kappa shape index (κ2) is 4.93. The Morgan fingerprint density at radius 3 is 3.00 bits per heavy atom. The van der Waals surface area contributed by atoms with Crippen molar-refractivity contribution in [3.63, 3.8) is 0 Å². The van der Waals surface area contributed by atoms with E-state index in [1.54, 1.807) is 11.3 Å². The van der Waals surface area contributed by atoms with Gasteiger partial charge in [-0.25, -0.2) is 4.98 Å². The van der Waals surface area contributed by atoms with Gasteiger partial charge in [0.15, 0.2) is 0 Å². The highest BCUT2D eigenvalue weighted by Gasteiger charge is 2.23. The molecule has 88 valence electrons. The van der Waals surface area contributed by atoms with Crippen molar-refractivity contribution in [2.75, 3.05) is 6.54 Å². The highest BCUT2D eigenvalue weighted by atomic mass is 32.1. The van der Waals surface area contributed by atoms with Crippen molar-refractivity contribution < 1.29 is 4.79 Å². The second-order valence-corrected chi connectivity index (χ2v) is 5.30. The van der Waals surface area contributed by atoms with E-state index >= 15 is 0 Å². The molecule has 0 spiro atoms. The molecule has 1 heterocycles. The minimum Gasteiger partial charge on any atom is -0.352 e. The molecule has 1 aliphatic rings. The van der Waals surface area contributed by atoms with Crippen LogP contribution in [0.25, 0.3) is 0 Å². The van der Waals surface area contributed by atoms with Gasteiger partial charge in [-0.2, -0.15) is 0 Å². The maximum atomic E-state index is 11.4. The fourth-order valence-electron chi connectivity index (χ4n) is 1.44. The van der Waals surface area contributed by atoms with Crippen molar-refractivity contribution in [1.82, 2.24) is 15.6 Å². The van der Waals surface area contributed by atoms with Crippen molar-refractivity contribution in [3.8, 4) is 0 Å². The molecule has 4 nitrogen and oxygen atoms in total. The molecule has 5 heteroatoms. The third kappa shape index (κ3) is 3.28. The molecule has 0 aliphatic heterocycles. The SMILES string of the molecule is Cc1nc(C(C)NCC(=O)NC2CC2)cs1. The quantitative estimate of drug-likeness (QED) is 0.816. The standard InChI is InChI=1S/C11H17N3OS/c1-7(10-6-16-8(2)13-10)12-5-11(15)14-9-3-4-9/h6-7,9,12H,3-5H2,1-2H3,(H,14,15). The molecular weight excluding hydrogens is 222 g/mol. The van der Waals surface area contributed by atoms with Crippen molar-refractivity contribution in [2.45, 2.75) is 38.8 Å². The highest BCUT2D eigenvalue weighted by molar-refractivity contribution is 7.09. The molecular formula is C11H17N3OS. The number of aryl methyl sites for hydroxylation is 1. The van der Waals surface area contributed by atoms with Crippen LogP contribution in [0.15, 0.2) is 5.38 Å². The van der Waals surface area contributed by atoms with Crippen LogP contribution in [0, 0.1) is 6.92 Å². The lowest BCUT2D eigenvalue weighted by Crippen LogP contribution is -2.36.